The van der Waals surface area contributed by atoms with Crippen LogP contribution in [0.5, 0.6) is 0 Å². The molecule has 1 saturated heterocycles. The number of rotatable bonds is 4. The van der Waals surface area contributed by atoms with Gasteiger partial charge in [-0.15, -0.1) is 0 Å². The molecule has 1 aromatic heterocycles. The van der Waals surface area contributed by atoms with Gasteiger partial charge >= 0.3 is 0 Å². The van der Waals surface area contributed by atoms with Gasteiger partial charge in [0.1, 0.15) is 0 Å². The van der Waals surface area contributed by atoms with Crippen molar-refractivity contribution >= 4 is 23.2 Å². The first kappa shape index (κ1) is 13.3. The number of carbonyl (C=O) groups excluding carboxylic acids is 1. The van der Waals surface area contributed by atoms with E-state index in [0.29, 0.717) is 23.2 Å². The van der Waals surface area contributed by atoms with Gasteiger partial charge in [-0.05, 0) is 50.4 Å². The maximum Gasteiger partial charge on any atom is 0.224 e. The van der Waals surface area contributed by atoms with Crippen LogP contribution in [0.15, 0.2) is 18.3 Å². The van der Waals surface area contributed by atoms with Gasteiger partial charge < -0.3 is 10.6 Å². The average molecular weight is 268 g/mol. The van der Waals surface area contributed by atoms with Crippen LogP contribution < -0.4 is 10.6 Å². The van der Waals surface area contributed by atoms with Crippen molar-refractivity contribution in [2.24, 2.45) is 5.92 Å². The summed E-state index contributed by atoms with van der Waals surface area (Å²) in [5.41, 5.74) is 0.592. The van der Waals surface area contributed by atoms with Crippen molar-refractivity contribution in [1.29, 1.82) is 0 Å². The monoisotopic (exact) mass is 267 g/mol. The highest BCUT2D eigenvalue weighted by Crippen LogP contribution is 2.20. The van der Waals surface area contributed by atoms with Gasteiger partial charge in [0.05, 0.1) is 5.69 Å². The Hall–Kier alpha value is -1.13. The number of anilines is 1. The van der Waals surface area contributed by atoms with Gasteiger partial charge in [0, 0.05) is 12.6 Å². The van der Waals surface area contributed by atoms with E-state index < -0.39 is 0 Å². The van der Waals surface area contributed by atoms with Crippen molar-refractivity contribution in [2.45, 2.75) is 25.7 Å². The lowest BCUT2D eigenvalue weighted by molar-refractivity contribution is -0.116. The number of pyridine rings is 1. The summed E-state index contributed by atoms with van der Waals surface area (Å²) in [7, 11) is 0. The Morgan fingerprint density at radius 1 is 1.50 bits per heavy atom. The third-order valence-electron chi connectivity index (χ3n) is 3.27. The van der Waals surface area contributed by atoms with E-state index in [4.69, 9.17) is 11.6 Å². The summed E-state index contributed by atoms with van der Waals surface area (Å²) in [4.78, 5) is 15.7. The molecule has 2 rings (SSSR count). The summed E-state index contributed by atoms with van der Waals surface area (Å²) >= 11 is 5.88. The zero-order valence-corrected chi connectivity index (χ0v) is 11.0. The summed E-state index contributed by atoms with van der Waals surface area (Å²) in [6, 6.07) is 3.52. The molecule has 2 heterocycles. The lowest BCUT2D eigenvalue weighted by atomic mass is 9.93. The van der Waals surface area contributed by atoms with Gasteiger partial charge in [-0.1, -0.05) is 11.6 Å². The van der Waals surface area contributed by atoms with E-state index in [1.54, 1.807) is 18.3 Å². The van der Waals surface area contributed by atoms with Crippen molar-refractivity contribution < 1.29 is 4.79 Å². The summed E-state index contributed by atoms with van der Waals surface area (Å²) < 4.78 is 0. The van der Waals surface area contributed by atoms with Gasteiger partial charge in [-0.3, -0.25) is 4.79 Å². The molecule has 0 spiro atoms. The highest BCUT2D eigenvalue weighted by molar-refractivity contribution is 6.32. The molecule has 1 aromatic rings. The highest BCUT2D eigenvalue weighted by atomic mass is 35.5. The summed E-state index contributed by atoms with van der Waals surface area (Å²) in [5, 5.41) is 6.46. The van der Waals surface area contributed by atoms with Gasteiger partial charge in [0.2, 0.25) is 5.91 Å². The molecule has 0 unspecified atom stereocenters. The third-order valence-corrected chi connectivity index (χ3v) is 3.57. The topological polar surface area (TPSA) is 54.0 Å². The predicted molar refractivity (Wildman–Crippen MR) is 72.7 cm³/mol. The minimum absolute atomic E-state index is 0.0171. The molecular weight excluding hydrogens is 250 g/mol. The number of halogens is 1. The molecular formula is C13H18ClN3O. The number of hydrogen-bond acceptors (Lipinski definition) is 3. The Morgan fingerprint density at radius 2 is 2.28 bits per heavy atom. The number of nitrogens with zero attached hydrogens (tertiary/aromatic N) is 1. The lowest BCUT2D eigenvalue weighted by Crippen LogP contribution is -2.28. The summed E-state index contributed by atoms with van der Waals surface area (Å²) in [6.45, 7) is 2.14. The molecule has 0 aromatic carbocycles. The molecule has 1 aliphatic rings. The van der Waals surface area contributed by atoms with Crippen LogP contribution in [0.4, 0.5) is 5.69 Å². The number of nitrogens with one attached hydrogen (secondary N) is 2. The fourth-order valence-corrected chi connectivity index (χ4v) is 2.36. The van der Waals surface area contributed by atoms with Crippen LogP contribution in [0.2, 0.25) is 5.15 Å². The normalized spacial score (nSPS) is 16.5. The van der Waals surface area contributed by atoms with Gasteiger partial charge in [-0.2, -0.15) is 0 Å². The van der Waals surface area contributed by atoms with Crippen LogP contribution >= 0.6 is 11.6 Å². The molecule has 4 nitrogen and oxygen atoms in total. The fraction of sp³-hybridized carbons (Fsp3) is 0.538. The van der Waals surface area contributed by atoms with Gasteiger partial charge in [0.15, 0.2) is 5.15 Å². The third kappa shape index (κ3) is 3.96. The second-order valence-electron chi connectivity index (χ2n) is 4.62. The minimum atomic E-state index is 0.0171. The Bertz CT molecular complexity index is 405. The summed E-state index contributed by atoms with van der Waals surface area (Å²) in [5.74, 6) is 0.685. The quantitative estimate of drug-likeness (QED) is 0.824. The Labute approximate surface area is 112 Å². The first-order valence-corrected chi connectivity index (χ1v) is 6.74. The van der Waals surface area contributed by atoms with Gasteiger partial charge in [0.25, 0.3) is 0 Å². The second kappa shape index (κ2) is 6.71. The average Bonchev–Trinajstić information content (AvgIpc) is 2.40. The second-order valence-corrected chi connectivity index (χ2v) is 4.98. The minimum Gasteiger partial charge on any atom is -0.323 e. The van der Waals surface area contributed by atoms with E-state index in [0.717, 1.165) is 19.5 Å². The van der Waals surface area contributed by atoms with Crippen LogP contribution in [0.3, 0.4) is 0 Å². The summed E-state index contributed by atoms with van der Waals surface area (Å²) in [6.07, 6.45) is 5.44. The molecule has 98 valence electrons. The molecule has 0 aliphatic carbocycles. The Morgan fingerprint density at radius 3 is 3.00 bits per heavy atom. The number of carbonyl (C=O) groups is 1. The van der Waals surface area contributed by atoms with Crippen LogP contribution in [0.25, 0.3) is 0 Å². The smallest absolute Gasteiger partial charge is 0.224 e. The maximum absolute atomic E-state index is 11.8. The first-order chi connectivity index (χ1) is 8.75. The number of piperidine rings is 1. The van der Waals surface area contributed by atoms with Crippen molar-refractivity contribution in [3.05, 3.63) is 23.5 Å². The SMILES string of the molecule is O=C(CCC1CCNCC1)Nc1cccnc1Cl. The van der Waals surface area contributed by atoms with Crippen LogP contribution in [0, 0.1) is 5.92 Å². The molecule has 2 N–H and O–H groups in total. The number of aromatic nitrogens is 1. The molecule has 5 heteroatoms. The van der Waals surface area contributed by atoms with E-state index in [2.05, 4.69) is 15.6 Å². The molecule has 0 radical (unpaired) electrons. The molecule has 1 aliphatic heterocycles. The highest BCUT2D eigenvalue weighted by Gasteiger charge is 2.14. The fourth-order valence-electron chi connectivity index (χ4n) is 2.20. The van der Waals surface area contributed by atoms with Crippen LogP contribution in [-0.4, -0.2) is 24.0 Å². The van der Waals surface area contributed by atoms with Crippen LogP contribution in [-0.2, 0) is 4.79 Å². The zero-order valence-electron chi connectivity index (χ0n) is 10.3. The number of amides is 1. The van der Waals surface area contributed by atoms with E-state index in [9.17, 15) is 4.79 Å². The molecule has 0 bridgehead atoms. The first-order valence-electron chi connectivity index (χ1n) is 6.37. The molecule has 0 atom stereocenters. The van der Waals surface area contributed by atoms with E-state index in [-0.39, 0.29) is 5.91 Å². The van der Waals surface area contributed by atoms with E-state index in [1.165, 1.54) is 12.8 Å². The zero-order chi connectivity index (χ0) is 12.8. The predicted octanol–water partition coefficient (Wildman–Crippen LogP) is 2.45. The van der Waals surface area contributed by atoms with Crippen LogP contribution in [0.1, 0.15) is 25.7 Å². The lowest BCUT2D eigenvalue weighted by Gasteiger charge is -2.22. The number of hydrogen-bond donors (Lipinski definition) is 2. The Balaban J connectivity index is 1.76. The van der Waals surface area contributed by atoms with Crippen molar-refractivity contribution in [3.63, 3.8) is 0 Å². The van der Waals surface area contributed by atoms with Crippen molar-refractivity contribution in [2.75, 3.05) is 18.4 Å². The van der Waals surface area contributed by atoms with Gasteiger partial charge in [-0.25, -0.2) is 4.98 Å². The largest absolute Gasteiger partial charge is 0.323 e. The standard InChI is InChI=1S/C13H18ClN3O/c14-13-11(2-1-7-16-13)17-12(18)4-3-10-5-8-15-9-6-10/h1-2,7,10,15H,3-6,8-9H2,(H,17,18). The van der Waals surface area contributed by atoms with Crippen molar-refractivity contribution in [3.8, 4) is 0 Å². The molecule has 18 heavy (non-hydrogen) atoms. The molecule has 1 fully saturated rings. The molecule has 1 amide bonds. The molecule has 0 saturated carbocycles. The van der Waals surface area contributed by atoms with E-state index in [1.807, 2.05) is 0 Å². The maximum atomic E-state index is 11.8. The van der Waals surface area contributed by atoms with Crippen molar-refractivity contribution in [1.82, 2.24) is 10.3 Å². The van der Waals surface area contributed by atoms with E-state index >= 15 is 0 Å². The Kier molecular flexibility index (Phi) is 4.96.